The number of hydrogen-bond acceptors (Lipinski definition) is 3. The molecule has 0 saturated heterocycles. The molecule has 0 radical (unpaired) electrons. The molecule has 3 rings (SSSR count). The third-order valence-corrected chi connectivity index (χ3v) is 4.02. The van der Waals surface area contributed by atoms with Crippen molar-refractivity contribution in [2.45, 2.75) is 13.3 Å². The van der Waals surface area contributed by atoms with Crippen molar-refractivity contribution in [3.63, 3.8) is 0 Å². The Morgan fingerprint density at radius 2 is 1.88 bits per heavy atom. The second-order valence-electron chi connectivity index (χ2n) is 5.69. The van der Waals surface area contributed by atoms with Crippen molar-refractivity contribution in [2.24, 2.45) is 0 Å². The molecule has 0 aliphatic heterocycles. The van der Waals surface area contributed by atoms with Crippen molar-refractivity contribution < 1.29 is 4.79 Å². The molecule has 5 heteroatoms. The number of carbonyl (C=O) groups excluding carboxylic acids is 1. The van der Waals surface area contributed by atoms with Crippen LogP contribution in [0, 0.1) is 6.92 Å². The monoisotopic (exact) mass is 320 g/mol. The van der Waals surface area contributed by atoms with Gasteiger partial charge in [0, 0.05) is 31.9 Å². The Hall–Kier alpha value is -2.95. The van der Waals surface area contributed by atoms with Gasteiger partial charge in [-0.2, -0.15) is 5.10 Å². The lowest BCUT2D eigenvalue weighted by molar-refractivity contribution is 0.0795. The lowest BCUT2D eigenvalue weighted by Gasteiger charge is -2.16. The first kappa shape index (κ1) is 15.9. The van der Waals surface area contributed by atoms with E-state index in [1.165, 1.54) is 0 Å². The minimum Gasteiger partial charge on any atom is -0.341 e. The summed E-state index contributed by atoms with van der Waals surface area (Å²) in [5, 5.41) is 4.36. The summed E-state index contributed by atoms with van der Waals surface area (Å²) in [6.45, 7) is 2.53. The average Bonchev–Trinajstić information content (AvgIpc) is 3.02. The van der Waals surface area contributed by atoms with E-state index < -0.39 is 0 Å². The first-order valence-corrected chi connectivity index (χ1v) is 7.92. The molecular weight excluding hydrogens is 300 g/mol. The lowest BCUT2D eigenvalue weighted by Crippen LogP contribution is -2.29. The Kier molecular flexibility index (Phi) is 4.70. The fourth-order valence-corrected chi connectivity index (χ4v) is 2.58. The van der Waals surface area contributed by atoms with Gasteiger partial charge in [-0.3, -0.25) is 9.78 Å². The molecule has 0 spiro atoms. The fraction of sp³-hybridized carbons (Fsp3) is 0.211. The third kappa shape index (κ3) is 3.35. The number of nitrogens with zero attached hydrogens (tertiary/aromatic N) is 4. The van der Waals surface area contributed by atoms with Crippen molar-refractivity contribution in [3.8, 4) is 5.69 Å². The van der Waals surface area contributed by atoms with Gasteiger partial charge in [-0.25, -0.2) is 4.68 Å². The Balaban J connectivity index is 1.72. The van der Waals surface area contributed by atoms with Gasteiger partial charge < -0.3 is 4.90 Å². The summed E-state index contributed by atoms with van der Waals surface area (Å²) >= 11 is 0. The molecule has 0 fully saturated rings. The summed E-state index contributed by atoms with van der Waals surface area (Å²) in [6.07, 6.45) is 4.14. The highest BCUT2D eigenvalue weighted by Crippen LogP contribution is 2.15. The van der Waals surface area contributed by atoms with E-state index in [1.54, 1.807) is 22.0 Å². The van der Waals surface area contributed by atoms with E-state index in [0.717, 1.165) is 23.5 Å². The molecule has 3 aromatic rings. The Bertz CT molecular complexity index is 812. The zero-order valence-electron chi connectivity index (χ0n) is 13.9. The number of hydrogen-bond donors (Lipinski definition) is 0. The highest BCUT2D eigenvalue weighted by Gasteiger charge is 2.18. The summed E-state index contributed by atoms with van der Waals surface area (Å²) in [6, 6.07) is 15.6. The number of benzene rings is 1. The van der Waals surface area contributed by atoms with Crippen LogP contribution in [0.1, 0.15) is 21.7 Å². The van der Waals surface area contributed by atoms with Crippen LogP contribution in [-0.2, 0) is 6.42 Å². The van der Waals surface area contributed by atoms with Crippen LogP contribution >= 0.6 is 0 Å². The minimum atomic E-state index is -0.0226. The van der Waals surface area contributed by atoms with Crippen LogP contribution in [0.4, 0.5) is 0 Å². The Morgan fingerprint density at radius 1 is 1.12 bits per heavy atom. The molecule has 5 nitrogen and oxygen atoms in total. The summed E-state index contributed by atoms with van der Waals surface area (Å²) in [7, 11) is 1.81. The van der Waals surface area contributed by atoms with Crippen LogP contribution in [0.2, 0.25) is 0 Å². The molecule has 2 aromatic heterocycles. The van der Waals surface area contributed by atoms with Crippen LogP contribution in [0.25, 0.3) is 5.69 Å². The highest BCUT2D eigenvalue weighted by atomic mass is 16.2. The standard InChI is InChI=1S/C19H20N4O/c1-15-18(14-21-23(15)17-9-4-3-5-10-17)19(24)22(2)13-11-16-8-6-7-12-20-16/h3-10,12,14H,11,13H2,1-2H3. The maximum absolute atomic E-state index is 12.7. The molecule has 1 amide bonds. The first-order valence-electron chi connectivity index (χ1n) is 7.92. The van der Waals surface area contributed by atoms with E-state index in [4.69, 9.17) is 0 Å². The molecular formula is C19H20N4O. The maximum Gasteiger partial charge on any atom is 0.257 e. The van der Waals surface area contributed by atoms with Crippen LogP contribution in [0.5, 0.6) is 0 Å². The van der Waals surface area contributed by atoms with Crippen molar-refractivity contribution in [1.82, 2.24) is 19.7 Å². The molecule has 24 heavy (non-hydrogen) atoms. The van der Waals surface area contributed by atoms with E-state index in [9.17, 15) is 4.79 Å². The molecule has 0 atom stereocenters. The molecule has 0 bridgehead atoms. The van der Waals surface area contributed by atoms with Crippen molar-refractivity contribution >= 4 is 5.91 Å². The van der Waals surface area contributed by atoms with Crippen LogP contribution in [0.3, 0.4) is 0 Å². The van der Waals surface area contributed by atoms with Crippen LogP contribution < -0.4 is 0 Å². The lowest BCUT2D eigenvalue weighted by atomic mass is 10.2. The predicted octanol–water partition coefficient (Wildman–Crippen LogP) is 2.89. The number of para-hydroxylation sites is 1. The van der Waals surface area contributed by atoms with Gasteiger partial charge in [0.1, 0.15) is 0 Å². The molecule has 122 valence electrons. The largest absolute Gasteiger partial charge is 0.341 e. The molecule has 0 aliphatic rings. The van der Waals surface area contributed by atoms with Crippen molar-refractivity contribution in [3.05, 3.63) is 77.9 Å². The van der Waals surface area contributed by atoms with Gasteiger partial charge in [-0.1, -0.05) is 24.3 Å². The normalized spacial score (nSPS) is 10.6. The van der Waals surface area contributed by atoms with Gasteiger partial charge in [-0.05, 0) is 31.2 Å². The second kappa shape index (κ2) is 7.08. The van der Waals surface area contributed by atoms with E-state index in [0.29, 0.717) is 12.1 Å². The van der Waals surface area contributed by atoms with Crippen LogP contribution in [0.15, 0.2) is 60.9 Å². The molecule has 0 unspecified atom stereocenters. The van der Waals surface area contributed by atoms with Gasteiger partial charge >= 0.3 is 0 Å². The zero-order chi connectivity index (χ0) is 16.9. The summed E-state index contributed by atoms with van der Waals surface area (Å²) in [5.74, 6) is -0.0226. The van der Waals surface area contributed by atoms with Gasteiger partial charge in [0.25, 0.3) is 5.91 Å². The van der Waals surface area contributed by atoms with E-state index in [2.05, 4.69) is 10.1 Å². The summed E-state index contributed by atoms with van der Waals surface area (Å²) < 4.78 is 1.79. The highest BCUT2D eigenvalue weighted by molar-refractivity contribution is 5.95. The second-order valence-corrected chi connectivity index (χ2v) is 5.69. The van der Waals surface area contributed by atoms with Gasteiger partial charge in [0.05, 0.1) is 23.1 Å². The Labute approximate surface area is 141 Å². The molecule has 0 aliphatic carbocycles. The summed E-state index contributed by atoms with van der Waals surface area (Å²) in [4.78, 5) is 18.7. The van der Waals surface area contributed by atoms with Crippen molar-refractivity contribution in [1.29, 1.82) is 0 Å². The minimum absolute atomic E-state index is 0.0226. The third-order valence-electron chi connectivity index (χ3n) is 4.02. The van der Waals surface area contributed by atoms with Gasteiger partial charge in [0.15, 0.2) is 0 Å². The SMILES string of the molecule is Cc1c(C(=O)N(C)CCc2ccccn2)cnn1-c1ccccc1. The average molecular weight is 320 g/mol. The number of carbonyl (C=O) groups is 1. The van der Waals surface area contributed by atoms with E-state index >= 15 is 0 Å². The molecule has 1 aromatic carbocycles. The smallest absolute Gasteiger partial charge is 0.257 e. The van der Waals surface area contributed by atoms with E-state index in [1.807, 2.05) is 62.5 Å². The number of aromatic nitrogens is 3. The Morgan fingerprint density at radius 3 is 2.58 bits per heavy atom. The zero-order valence-corrected chi connectivity index (χ0v) is 13.9. The number of amides is 1. The quantitative estimate of drug-likeness (QED) is 0.726. The molecule has 0 saturated carbocycles. The fourth-order valence-electron chi connectivity index (χ4n) is 2.58. The topological polar surface area (TPSA) is 51.0 Å². The predicted molar refractivity (Wildman–Crippen MR) is 93.2 cm³/mol. The van der Waals surface area contributed by atoms with Gasteiger partial charge in [-0.15, -0.1) is 0 Å². The molecule has 2 heterocycles. The molecule has 0 N–H and O–H groups in total. The van der Waals surface area contributed by atoms with Gasteiger partial charge in [0.2, 0.25) is 0 Å². The number of likely N-dealkylation sites (N-methyl/N-ethyl adjacent to an activating group) is 1. The van der Waals surface area contributed by atoms with E-state index in [-0.39, 0.29) is 5.91 Å². The summed E-state index contributed by atoms with van der Waals surface area (Å²) in [5.41, 5.74) is 3.40. The number of rotatable bonds is 5. The van der Waals surface area contributed by atoms with Crippen molar-refractivity contribution in [2.75, 3.05) is 13.6 Å². The van der Waals surface area contributed by atoms with Crippen LogP contribution in [-0.4, -0.2) is 39.2 Å². The number of pyridine rings is 1. The maximum atomic E-state index is 12.7. The first-order chi connectivity index (χ1) is 11.7.